The maximum atomic E-state index is 9.02. The highest BCUT2D eigenvalue weighted by atomic mass is 79.9. The molecule has 17 heavy (non-hydrogen) atoms. The van der Waals surface area contributed by atoms with Crippen LogP contribution < -0.4 is 0 Å². The van der Waals surface area contributed by atoms with E-state index in [0.29, 0.717) is 0 Å². The number of benzene rings is 1. The van der Waals surface area contributed by atoms with Crippen molar-refractivity contribution >= 4 is 58.7 Å². The lowest BCUT2D eigenvalue weighted by Crippen LogP contribution is -2.20. The number of hydrogen-bond donors (Lipinski definition) is 2. The Bertz CT molecular complexity index is 345. The van der Waals surface area contributed by atoms with Crippen molar-refractivity contribution in [1.29, 1.82) is 0 Å². The van der Waals surface area contributed by atoms with E-state index in [4.69, 9.17) is 10.2 Å². The number of halogens is 3. The van der Waals surface area contributed by atoms with Crippen molar-refractivity contribution in [2.45, 2.75) is 5.75 Å². The van der Waals surface area contributed by atoms with Crippen LogP contribution in [0.25, 0.3) is 0 Å². The molecule has 2 nitrogen and oxygen atoms in total. The molecule has 0 fully saturated rings. The predicted molar refractivity (Wildman–Crippen MR) is 84.5 cm³/mol. The van der Waals surface area contributed by atoms with Crippen molar-refractivity contribution < 1.29 is 10.2 Å². The summed E-state index contributed by atoms with van der Waals surface area (Å²) in [6, 6.07) is 4.03. The summed E-state index contributed by atoms with van der Waals surface area (Å²) in [6.07, 6.45) is 0. The summed E-state index contributed by atoms with van der Waals surface area (Å²) in [4.78, 5) is 0. The van der Waals surface area contributed by atoms with Gasteiger partial charge in [-0.2, -0.15) is 0 Å². The van der Waals surface area contributed by atoms with Crippen LogP contribution in [0.4, 0.5) is 0 Å². The van der Waals surface area contributed by atoms with Gasteiger partial charge in [0.1, 0.15) is 17.3 Å². The van der Waals surface area contributed by atoms with E-state index in [1.807, 2.05) is 12.1 Å². The van der Waals surface area contributed by atoms with E-state index in [1.165, 1.54) is 5.56 Å². The Morgan fingerprint density at radius 3 is 1.82 bits per heavy atom. The summed E-state index contributed by atoms with van der Waals surface area (Å²) in [6.45, 7) is 0.351. The van der Waals surface area contributed by atoms with Crippen molar-refractivity contribution in [2.75, 3.05) is 24.7 Å². The van der Waals surface area contributed by atoms with Crippen LogP contribution in [0.1, 0.15) is 5.56 Å². The predicted octanol–water partition coefficient (Wildman–Crippen LogP) is 3.08. The molecule has 0 unspecified atom stereocenters. The summed E-state index contributed by atoms with van der Waals surface area (Å²) in [5, 5.41) is 18.0. The fraction of sp³-hybridized carbons (Fsp3) is 0.455. The Labute approximate surface area is 130 Å². The summed E-state index contributed by atoms with van der Waals surface area (Å²) in [5.74, 6) is 2.36. The molecule has 1 rings (SSSR count). The number of hydrogen-bond acceptors (Lipinski definition) is 2. The normalized spacial score (nSPS) is 11.2. The van der Waals surface area contributed by atoms with Crippen molar-refractivity contribution in [1.82, 2.24) is 0 Å². The number of rotatable bonds is 6. The van der Waals surface area contributed by atoms with E-state index >= 15 is 0 Å². The van der Waals surface area contributed by atoms with Crippen LogP contribution in [-0.4, -0.2) is 34.9 Å². The first-order valence-electron chi connectivity index (χ1n) is 5.07. The first-order chi connectivity index (χ1) is 8.08. The highest BCUT2D eigenvalue weighted by Crippen LogP contribution is 2.31. The minimum Gasteiger partial charge on any atom is -0.391 e. The molecule has 0 aliphatic carbocycles. The molecule has 0 radical (unpaired) electrons. The molecule has 1 aromatic rings. The van der Waals surface area contributed by atoms with E-state index in [9.17, 15) is 0 Å². The highest BCUT2D eigenvalue weighted by Gasteiger charge is 2.21. The molecule has 6 heteroatoms. The van der Waals surface area contributed by atoms with Crippen LogP contribution in [0.3, 0.4) is 0 Å². The monoisotopic (exact) mass is 447 g/mol. The van der Waals surface area contributed by atoms with Crippen LogP contribution in [0, 0.1) is 0 Å². The largest absolute Gasteiger partial charge is 0.391 e. The lowest BCUT2D eigenvalue weighted by molar-refractivity contribution is 0.316. The molecule has 0 aliphatic rings. The molecule has 96 valence electrons. The first kappa shape index (κ1) is 16.0. The number of aliphatic hydroxyl groups is 2. The third-order valence-corrected chi connectivity index (χ3v) is 6.30. The van der Waals surface area contributed by atoms with Crippen LogP contribution >= 0.6 is 47.8 Å². The van der Waals surface area contributed by atoms with Gasteiger partial charge < -0.3 is 10.2 Å². The smallest absolute Gasteiger partial charge is 0.135 e. The minimum atomic E-state index is 0.0220. The van der Waals surface area contributed by atoms with Gasteiger partial charge in [-0.1, -0.05) is 47.8 Å². The van der Waals surface area contributed by atoms with Crippen LogP contribution in [0.15, 0.2) is 25.6 Å². The maximum absolute atomic E-state index is 9.02. The zero-order valence-corrected chi connectivity index (χ0v) is 14.7. The van der Waals surface area contributed by atoms with E-state index in [-0.39, 0.29) is 24.1 Å². The van der Waals surface area contributed by atoms with Gasteiger partial charge in [0.2, 0.25) is 0 Å². The van der Waals surface area contributed by atoms with Gasteiger partial charge in [0.15, 0.2) is 0 Å². The van der Waals surface area contributed by atoms with E-state index in [0.717, 1.165) is 30.7 Å². The van der Waals surface area contributed by atoms with E-state index < -0.39 is 0 Å². The van der Waals surface area contributed by atoms with Crippen molar-refractivity contribution in [2.24, 2.45) is 0 Å². The molecule has 1 aromatic carbocycles. The molecular weight excluding hydrogens is 436 g/mol. The fourth-order valence-electron chi connectivity index (χ4n) is 1.42. The molecular formula is C11H14Br3O2S+. The van der Waals surface area contributed by atoms with Gasteiger partial charge >= 0.3 is 0 Å². The Balaban J connectivity index is 2.84. The summed E-state index contributed by atoms with van der Waals surface area (Å²) in [7, 11) is 0.0220. The highest BCUT2D eigenvalue weighted by molar-refractivity contribution is 9.11. The Hall–Kier alpha value is 0.930. The van der Waals surface area contributed by atoms with Crippen LogP contribution in [0.5, 0.6) is 0 Å². The van der Waals surface area contributed by atoms with Gasteiger partial charge in [0, 0.05) is 19.0 Å². The van der Waals surface area contributed by atoms with Gasteiger partial charge in [0.05, 0.1) is 13.2 Å². The van der Waals surface area contributed by atoms with Crippen molar-refractivity contribution in [3.63, 3.8) is 0 Å². The molecule has 0 atom stereocenters. The second-order valence-electron chi connectivity index (χ2n) is 3.46. The second-order valence-corrected chi connectivity index (χ2v) is 8.41. The molecule has 0 aliphatic heterocycles. The zero-order chi connectivity index (χ0) is 12.8. The standard InChI is InChI=1S/C11H14Br3O2S/c12-8-5-10(13)9(11(14)6-8)7-17(3-1-15)4-2-16/h5-6,15-16H,1-4,7H2/q+1. The third kappa shape index (κ3) is 5.20. The Kier molecular flexibility index (Phi) is 7.68. The lowest BCUT2D eigenvalue weighted by atomic mass is 10.2. The van der Waals surface area contributed by atoms with Gasteiger partial charge in [0.25, 0.3) is 0 Å². The second kappa shape index (κ2) is 8.17. The van der Waals surface area contributed by atoms with Crippen molar-refractivity contribution in [3.8, 4) is 0 Å². The van der Waals surface area contributed by atoms with Gasteiger partial charge in [-0.25, -0.2) is 0 Å². The molecule has 0 spiro atoms. The third-order valence-electron chi connectivity index (χ3n) is 2.21. The van der Waals surface area contributed by atoms with Gasteiger partial charge in [-0.3, -0.25) is 0 Å². The maximum Gasteiger partial charge on any atom is 0.135 e. The minimum absolute atomic E-state index is 0.0220. The van der Waals surface area contributed by atoms with E-state index in [2.05, 4.69) is 47.8 Å². The first-order valence-corrected chi connectivity index (χ1v) is 9.18. The SMILES string of the molecule is OCC[S+](CCO)Cc1c(Br)cc(Br)cc1Br. The summed E-state index contributed by atoms with van der Waals surface area (Å²) >= 11 is 10.5. The number of aliphatic hydroxyl groups excluding tert-OH is 2. The summed E-state index contributed by atoms with van der Waals surface area (Å²) in [5.41, 5.74) is 1.19. The van der Waals surface area contributed by atoms with Gasteiger partial charge in [-0.15, -0.1) is 0 Å². The molecule has 2 N–H and O–H groups in total. The average Bonchev–Trinajstić information content (AvgIpc) is 2.23. The molecule has 0 bridgehead atoms. The molecule has 0 saturated heterocycles. The zero-order valence-electron chi connectivity index (χ0n) is 9.13. The average molecular weight is 450 g/mol. The molecule has 0 saturated carbocycles. The van der Waals surface area contributed by atoms with Gasteiger partial charge in [-0.05, 0) is 23.0 Å². The molecule has 0 amide bonds. The quantitative estimate of drug-likeness (QED) is 0.655. The summed E-state index contributed by atoms with van der Waals surface area (Å²) < 4.78 is 3.11. The Morgan fingerprint density at radius 1 is 0.941 bits per heavy atom. The van der Waals surface area contributed by atoms with E-state index in [1.54, 1.807) is 0 Å². The lowest BCUT2D eigenvalue weighted by Gasteiger charge is -2.10. The van der Waals surface area contributed by atoms with Crippen LogP contribution in [-0.2, 0) is 16.6 Å². The van der Waals surface area contributed by atoms with Crippen molar-refractivity contribution in [3.05, 3.63) is 31.1 Å². The molecule has 0 aromatic heterocycles. The fourth-order valence-corrected chi connectivity index (χ4v) is 6.06. The topological polar surface area (TPSA) is 40.5 Å². The van der Waals surface area contributed by atoms with Crippen LogP contribution in [0.2, 0.25) is 0 Å². The molecule has 0 heterocycles. The Morgan fingerprint density at radius 2 is 1.41 bits per heavy atom.